The molecule has 0 saturated heterocycles. The zero-order valence-electron chi connectivity index (χ0n) is 24.1. The number of nitrogens with one attached hydrogen (secondary N) is 2. The SMILES string of the molecule is CC(C)(C)NC(=O)c1cc(-c2sc(C(=O)NC3CC(C(=O)O)C3)nc2CC2CCCCC2)cc(C(C)(C)C)c1. The summed E-state index contributed by atoms with van der Waals surface area (Å²) < 4.78 is 0. The van der Waals surface area contributed by atoms with E-state index in [1.807, 2.05) is 32.9 Å². The monoisotopic (exact) mass is 553 g/mol. The molecule has 1 aromatic carbocycles. The van der Waals surface area contributed by atoms with Crippen LogP contribution in [0.15, 0.2) is 18.2 Å². The number of carboxylic acids is 1. The Morgan fingerprint density at radius 3 is 2.23 bits per heavy atom. The van der Waals surface area contributed by atoms with Gasteiger partial charge in [0.15, 0.2) is 5.01 Å². The summed E-state index contributed by atoms with van der Waals surface area (Å²) in [5, 5.41) is 15.6. The minimum absolute atomic E-state index is 0.121. The molecule has 2 fully saturated rings. The molecule has 2 amide bonds. The van der Waals surface area contributed by atoms with Crippen LogP contribution in [-0.4, -0.2) is 39.5 Å². The fourth-order valence-corrected chi connectivity index (χ4v) is 6.38. The lowest BCUT2D eigenvalue weighted by Gasteiger charge is -2.32. The van der Waals surface area contributed by atoms with Crippen LogP contribution in [0, 0.1) is 11.8 Å². The highest BCUT2D eigenvalue weighted by atomic mass is 32.1. The smallest absolute Gasteiger partial charge is 0.306 e. The van der Waals surface area contributed by atoms with Crippen LogP contribution in [0.4, 0.5) is 0 Å². The van der Waals surface area contributed by atoms with E-state index in [-0.39, 0.29) is 34.7 Å². The summed E-state index contributed by atoms with van der Waals surface area (Å²) in [6.07, 6.45) is 7.76. The number of rotatable bonds is 7. The average Bonchev–Trinajstić information content (AvgIpc) is 3.23. The molecule has 2 saturated carbocycles. The summed E-state index contributed by atoms with van der Waals surface area (Å²) in [7, 11) is 0. The van der Waals surface area contributed by atoms with Gasteiger partial charge in [0, 0.05) is 17.1 Å². The number of aliphatic carboxylic acids is 1. The molecule has 7 nitrogen and oxygen atoms in total. The van der Waals surface area contributed by atoms with E-state index in [0.717, 1.165) is 28.1 Å². The first-order valence-electron chi connectivity index (χ1n) is 14.2. The first kappa shape index (κ1) is 29.2. The molecule has 4 rings (SSSR count). The molecule has 0 unspecified atom stereocenters. The summed E-state index contributed by atoms with van der Waals surface area (Å²) in [4.78, 5) is 43.4. The number of thiazole rings is 1. The van der Waals surface area contributed by atoms with Gasteiger partial charge in [0.1, 0.15) is 0 Å². The van der Waals surface area contributed by atoms with Gasteiger partial charge in [-0.25, -0.2) is 4.98 Å². The van der Waals surface area contributed by atoms with Crippen LogP contribution in [0.1, 0.15) is 118 Å². The summed E-state index contributed by atoms with van der Waals surface area (Å²) >= 11 is 1.37. The normalized spacial score (nSPS) is 20.3. The van der Waals surface area contributed by atoms with Gasteiger partial charge in [-0.1, -0.05) is 52.9 Å². The zero-order valence-corrected chi connectivity index (χ0v) is 25.0. The van der Waals surface area contributed by atoms with E-state index in [9.17, 15) is 19.5 Å². The van der Waals surface area contributed by atoms with E-state index < -0.39 is 5.97 Å². The van der Waals surface area contributed by atoms with Crippen LogP contribution < -0.4 is 10.6 Å². The molecule has 8 heteroatoms. The summed E-state index contributed by atoms with van der Waals surface area (Å²) in [5.74, 6) is -1.03. The largest absolute Gasteiger partial charge is 0.481 e. The number of benzene rings is 1. The van der Waals surface area contributed by atoms with Crippen LogP contribution >= 0.6 is 11.3 Å². The van der Waals surface area contributed by atoms with Crippen LogP contribution in [0.3, 0.4) is 0 Å². The Kier molecular flexibility index (Phi) is 8.55. The van der Waals surface area contributed by atoms with Crippen LogP contribution in [-0.2, 0) is 16.6 Å². The third kappa shape index (κ3) is 7.47. The molecular formula is C31H43N3O4S. The molecule has 3 N–H and O–H groups in total. The highest BCUT2D eigenvalue weighted by Gasteiger charge is 2.36. The molecule has 0 atom stereocenters. The third-order valence-electron chi connectivity index (χ3n) is 7.73. The van der Waals surface area contributed by atoms with Crippen LogP contribution in [0.5, 0.6) is 0 Å². The molecule has 2 aliphatic carbocycles. The summed E-state index contributed by atoms with van der Waals surface area (Å²) in [6, 6.07) is 5.90. The molecule has 0 aliphatic heterocycles. The maximum absolute atomic E-state index is 13.2. The van der Waals surface area contributed by atoms with Gasteiger partial charge < -0.3 is 15.7 Å². The fourth-order valence-electron chi connectivity index (χ4n) is 5.40. The zero-order chi connectivity index (χ0) is 28.5. The Labute approximate surface area is 236 Å². The van der Waals surface area contributed by atoms with Gasteiger partial charge in [-0.05, 0) is 80.7 Å². The van der Waals surface area contributed by atoms with Gasteiger partial charge in [-0.15, -0.1) is 11.3 Å². The Bertz CT molecular complexity index is 1230. The lowest BCUT2D eigenvalue weighted by Crippen LogP contribution is -2.46. The Hall–Kier alpha value is -2.74. The van der Waals surface area contributed by atoms with E-state index in [2.05, 4.69) is 37.5 Å². The third-order valence-corrected chi connectivity index (χ3v) is 8.88. The van der Waals surface area contributed by atoms with E-state index in [4.69, 9.17) is 4.98 Å². The number of aromatic nitrogens is 1. The molecule has 39 heavy (non-hydrogen) atoms. The van der Waals surface area contributed by atoms with Crippen molar-refractivity contribution in [2.75, 3.05) is 0 Å². The first-order valence-corrected chi connectivity index (χ1v) is 15.0. The second-order valence-corrected chi connectivity index (χ2v) is 14.4. The molecular weight excluding hydrogens is 510 g/mol. The van der Waals surface area contributed by atoms with E-state index in [1.54, 1.807) is 0 Å². The quantitative estimate of drug-likeness (QED) is 0.370. The molecule has 1 aromatic heterocycles. The number of carbonyl (C=O) groups excluding carboxylic acids is 2. The number of nitrogens with zero attached hydrogens (tertiary/aromatic N) is 1. The van der Waals surface area contributed by atoms with Crippen LogP contribution in [0.2, 0.25) is 0 Å². The number of hydrogen-bond acceptors (Lipinski definition) is 5. The van der Waals surface area contributed by atoms with Crippen molar-refractivity contribution in [2.45, 2.75) is 110 Å². The first-order chi connectivity index (χ1) is 18.2. The maximum atomic E-state index is 13.2. The van der Waals surface area contributed by atoms with E-state index in [0.29, 0.717) is 29.3 Å². The van der Waals surface area contributed by atoms with E-state index >= 15 is 0 Å². The molecule has 212 valence electrons. The topological polar surface area (TPSA) is 108 Å². The number of amides is 2. The molecule has 2 aliphatic rings. The predicted molar refractivity (Wildman–Crippen MR) is 155 cm³/mol. The van der Waals surface area contributed by atoms with Crippen LogP contribution in [0.25, 0.3) is 10.4 Å². The predicted octanol–water partition coefficient (Wildman–Crippen LogP) is 6.35. The van der Waals surface area contributed by atoms with Crippen molar-refractivity contribution in [1.29, 1.82) is 0 Å². The standard InChI is InChI=1S/C31H43N3O4S/c1-30(2,3)22-14-19(13-20(15-22)26(35)34-31(4,5)6)25-24(12-18-10-8-7-9-11-18)33-28(39-25)27(36)32-23-16-21(17-23)29(37)38/h13-15,18,21,23H,7-12,16-17H2,1-6H3,(H,32,36)(H,34,35)(H,37,38). The van der Waals surface area contributed by atoms with Crippen molar-refractivity contribution in [3.8, 4) is 10.4 Å². The number of hydrogen-bond donors (Lipinski definition) is 3. The summed E-state index contributed by atoms with van der Waals surface area (Å²) in [5.41, 5.74) is 2.95. The molecule has 0 spiro atoms. The molecule has 1 heterocycles. The number of carboxylic acid groups (broad SMARTS) is 1. The molecule has 2 aromatic rings. The van der Waals surface area contributed by atoms with E-state index in [1.165, 1.54) is 43.4 Å². The fraction of sp³-hybridized carbons (Fsp3) is 0.613. The van der Waals surface area contributed by atoms with Crippen molar-refractivity contribution in [2.24, 2.45) is 11.8 Å². The van der Waals surface area contributed by atoms with Gasteiger partial charge in [0.25, 0.3) is 11.8 Å². The Morgan fingerprint density at radius 1 is 0.974 bits per heavy atom. The van der Waals surface area contributed by atoms with Crippen molar-refractivity contribution in [3.63, 3.8) is 0 Å². The van der Waals surface area contributed by atoms with Crippen molar-refractivity contribution < 1.29 is 19.5 Å². The Morgan fingerprint density at radius 2 is 1.64 bits per heavy atom. The summed E-state index contributed by atoms with van der Waals surface area (Å²) in [6.45, 7) is 12.3. The second-order valence-electron chi connectivity index (χ2n) is 13.4. The van der Waals surface area contributed by atoms with Crippen molar-refractivity contribution >= 4 is 29.1 Å². The second kappa shape index (κ2) is 11.4. The van der Waals surface area contributed by atoms with Gasteiger partial charge >= 0.3 is 5.97 Å². The average molecular weight is 554 g/mol. The molecule has 0 bridgehead atoms. The van der Waals surface area contributed by atoms with Gasteiger partial charge in [-0.3, -0.25) is 14.4 Å². The highest BCUT2D eigenvalue weighted by molar-refractivity contribution is 7.17. The molecule has 0 radical (unpaired) electrons. The number of carbonyl (C=O) groups is 3. The van der Waals surface area contributed by atoms with Crippen molar-refractivity contribution in [3.05, 3.63) is 40.0 Å². The van der Waals surface area contributed by atoms with Crippen molar-refractivity contribution in [1.82, 2.24) is 15.6 Å². The Balaban J connectivity index is 1.70. The van der Waals surface area contributed by atoms with Gasteiger partial charge in [0.2, 0.25) is 0 Å². The maximum Gasteiger partial charge on any atom is 0.306 e. The van der Waals surface area contributed by atoms with Gasteiger partial charge in [0.05, 0.1) is 16.5 Å². The lowest BCUT2D eigenvalue weighted by molar-refractivity contribution is -0.145. The minimum Gasteiger partial charge on any atom is -0.481 e. The lowest BCUT2D eigenvalue weighted by atomic mass is 9.80. The van der Waals surface area contributed by atoms with Gasteiger partial charge in [-0.2, -0.15) is 0 Å². The minimum atomic E-state index is -0.808. The highest BCUT2D eigenvalue weighted by Crippen LogP contribution is 2.38.